The van der Waals surface area contributed by atoms with Gasteiger partial charge in [0.2, 0.25) is 0 Å². The van der Waals surface area contributed by atoms with E-state index in [2.05, 4.69) is 34.8 Å². The zero-order valence-electron chi connectivity index (χ0n) is 26.1. The molecule has 1 fully saturated rings. The molecule has 0 spiro atoms. The maximum atomic E-state index is 16.1. The Bertz CT molecular complexity index is 1700. The number of nitrogens with zero attached hydrogens (tertiary/aromatic N) is 4. The third kappa shape index (κ3) is 5.24. The van der Waals surface area contributed by atoms with Gasteiger partial charge in [-0.25, -0.2) is 9.37 Å². The Balaban J connectivity index is 1.32. The van der Waals surface area contributed by atoms with E-state index in [4.69, 9.17) is 14.0 Å². The number of aryl methyl sites for hydroxylation is 1. The van der Waals surface area contributed by atoms with Gasteiger partial charge in [0, 0.05) is 37.2 Å². The Morgan fingerprint density at radius 3 is 2.49 bits per heavy atom. The van der Waals surface area contributed by atoms with Crippen LogP contribution in [0.25, 0.3) is 11.0 Å². The molecule has 2 aliphatic rings. The molecule has 9 nitrogen and oxygen atoms in total. The molecule has 4 aromatic rings. The van der Waals surface area contributed by atoms with E-state index in [1.807, 2.05) is 63.5 Å². The van der Waals surface area contributed by atoms with E-state index in [-0.39, 0.29) is 5.91 Å². The number of ether oxygens (including phenoxy) is 1. The number of aromatic amines is 1. The zero-order chi connectivity index (χ0) is 30.9. The van der Waals surface area contributed by atoms with Gasteiger partial charge in [0.1, 0.15) is 12.5 Å². The number of carbonyl (C=O) groups is 1. The molecule has 0 bridgehead atoms. The first-order valence-corrected chi connectivity index (χ1v) is 18.4. The van der Waals surface area contributed by atoms with Gasteiger partial charge in [0.05, 0.1) is 34.6 Å². The summed E-state index contributed by atoms with van der Waals surface area (Å²) in [5.41, 5.74) is 3.74. The molecule has 2 aromatic carbocycles. The summed E-state index contributed by atoms with van der Waals surface area (Å²) in [6.45, 7) is 17.8. The maximum absolute atomic E-state index is 16.1. The van der Waals surface area contributed by atoms with Crippen molar-refractivity contribution < 1.29 is 23.2 Å². The average molecular weight is 604 g/mol. The summed E-state index contributed by atoms with van der Waals surface area (Å²) in [5, 5.41) is 7.20. The normalized spacial score (nSPS) is 19.6. The number of fused-ring (bicyclic) bond motifs is 2. The lowest BCUT2D eigenvalue weighted by atomic mass is 9.78. The second-order valence-corrected chi connectivity index (χ2v) is 19.4. The number of hydrogen-bond donors (Lipinski definition) is 1. The van der Waals surface area contributed by atoms with E-state index in [1.54, 1.807) is 17.3 Å². The monoisotopic (exact) mass is 603 g/mol. The molecule has 6 rings (SSSR count). The summed E-state index contributed by atoms with van der Waals surface area (Å²) >= 11 is 0. The van der Waals surface area contributed by atoms with Crippen LogP contribution in [0.3, 0.4) is 0 Å². The van der Waals surface area contributed by atoms with E-state index >= 15 is 4.39 Å². The van der Waals surface area contributed by atoms with E-state index < -0.39 is 38.3 Å². The molecular weight excluding hydrogens is 564 g/mol. The van der Waals surface area contributed by atoms with E-state index in [9.17, 15) is 4.79 Å². The fraction of sp³-hybridized carbons (Fsp3) is 0.452. The first-order chi connectivity index (χ1) is 20.2. The van der Waals surface area contributed by atoms with Crippen LogP contribution in [-0.4, -0.2) is 58.7 Å². The lowest BCUT2D eigenvalue weighted by Crippen LogP contribution is -2.41. The van der Waals surface area contributed by atoms with Gasteiger partial charge in [-0.3, -0.25) is 14.8 Å². The van der Waals surface area contributed by atoms with Crippen molar-refractivity contribution in [1.29, 1.82) is 0 Å². The summed E-state index contributed by atoms with van der Waals surface area (Å²) in [6.07, 6.45) is 1.75. The highest BCUT2D eigenvalue weighted by Gasteiger charge is 2.52. The van der Waals surface area contributed by atoms with Crippen LogP contribution in [0.4, 0.5) is 10.1 Å². The van der Waals surface area contributed by atoms with Crippen molar-refractivity contribution in [1.82, 2.24) is 19.7 Å². The highest BCUT2D eigenvalue weighted by atomic mass is 28.3. The minimum Gasteiger partial charge on any atom is -0.399 e. The number of anilines is 1. The molecule has 12 heteroatoms. The fourth-order valence-corrected chi connectivity index (χ4v) is 6.35. The van der Waals surface area contributed by atoms with Crippen molar-refractivity contribution in [2.75, 3.05) is 11.5 Å². The van der Waals surface area contributed by atoms with Gasteiger partial charge in [-0.2, -0.15) is 5.10 Å². The number of imidazole rings is 1. The molecule has 1 atom stereocenters. The Morgan fingerprint density at radius 1 is 1.09 bits per heavy atom. The molecule has 2 aromatic heterocycles. The van der Waals surface area contributed by atoms with Crippen molar-refractivity contribution >= 4 is 43.3 Å². The first kappa shape index (κ1) is 29.7. The van der Waals surface area contributed by atoms with Crippen molar-refractivity contribution in [3.63, 3.8) is 0 Å². The van der Waals surface area contributed by atoms with Gasteiger partial charge >= 0.3 is 7.12 Å². The number of benzene rings is 2. The number of aromatic nitrogens is 4. The SMILES string of the molecule is Cc1[nH]nc2c1C(c1ccc(B3OC(C)(C)C(C)(C)O3)cc1F)N(c1ccc3c(c1)ncn3COCC[Si](C)(C)C)C2=O. The van der Waals surface area contributed by atoms with E-state index in [1.165, 1.54) is 6.07 Å². The van der Waals surface area contributed by atoms with Gasteiger partial charge < -0.3 is 18.6 Å². The summed E-state index contributed by atoms with van der Waals surface area (Å²) in [6, 6.07) is 11.0. The van der Waals surface area contributed by atoms with Crippen LogP contribution in [0, 0.1) is 12.7 Å². The lowest BCUT2D eigenvalue weighted by Gasteiger charge is -2.32. The van der Waals surface area contributed by atoms with Gasteiger partial charge in [-0.15, -0.1) is 0 Å². The minimum absolute atomic E-state index is 0.290. The average Bonchev–Trinajstić information content (AvgIpc) is 3.63. The topological polar surface area (TPSA) is 94.5 Å². The van der Waals surface area contributed by atoms with Crippen LogP contribution in [0.2, 0.25) is 25.7 Å². The number of hydrogen-bond acceptors (Lipinski definition) is 6. The summed E-state index contributed by atoms with van der Waals surface area (Å²) < 4.78 is 36.2. The predicted octanol–water partition coefficient (Wildman–Crippen LogP) is 5.57. The number of H-pyrrole nitrogens is 1. The fourth-order valence-electron chi connectivity index (χ4n) is 5.59. The largest absolute Gasteiger partial charge is 0.494 e. The number of amides is 1. The summed E-state index contributed by atoms with van der Waals surface area (Å²) in [4.78, 5) is 19.9. The highest BCUT2D eigenvalue weighted by molar-refractivity contribution is 6.76. The van der Waals surface area contributed by atoms with Gasteiger partial charge in [-0.1, -0.05) is 31.8 Å². The molecule has 0 radical (unpaired) electrons. The molecule has 4 heterocycles. The standard InChI is InChI=1S/C31H39BFN5O4Si/c1-19-26-27(36-35-19)29(39)38(21-10-12-25-24(16-21)34-17-37(25)18-40-13-14-43(6,7)8)28(26)22-11-9-20(15-23(22)33)32-41-30(2,3)31(4,5)42-32/h9-12,15-17,28H,13-14,18H2,1-8H3,(H,35,36). The molecule has 226 valence electrons. The number of rotatable bonds is 8. The molecule has 0 aliphatic carbocycles. The van der Waals surface area contributed by atoms with Crippen molar-refractivity contribution in [3.8, 4) is 0 Å². The van der Waals surface area contributed by atoms with E-state index in [0.29, 0.717) is 47.0 Å². The smallest absolute Gasteiger partial charge is 0.399 e. The van der Waals surface area contributed by atoms with Gasteiger partial charge in [0.25, 0.3) is 5.91 Å². The molecule has 1 N–H and O–H groups in total. The summed E-state index contributed by atoms with van der Waals surface area (Å²) in [7, 11) is -1.88. The maximum Gasteiger partial charge on any atom is 0.494 e. The number of carbonyl (C=O) groups excluding carboxylic acids is 1. The van der Waals surface area contributed by atoms with Crippen molar-refractivity contribution in [3.05, 3.63) is 71.1 Å². The highest BCUT2D eigenvalue weighted by Crippen LogP contribution is 2.44. The van der Waals surface area contributed by atoms with Crippen LogP contribution in [-0.2, 0) is 20.8 Å². The molecule has 1 saturated heterocycles. The third-order valence-corrected chi connectivity index (χ3v) is 10.6. The van der Waals surface area contributed by atoms with Gasteiger partial charge in [-0.05, 0) is 70.4 Å². The number of nitrogens with one attached hydrogen (secondary N) is 1. The first-order valence-electron chi connectivity index (χ1n) is 14.7. The van der Waals surface area contributed by atoms with Crippen LogP contribution in [0.5, 0.6) is 0 Å². The Morgan fingerprint density at radius 2 is 1.81 bits per heavy atom. The molecule has 43 heavy (non-hydrogen) atoms. The van der Waals surface area contributed by atoms with Gasteiger partial charge in [0.15, 0.2) is 5.69 Å². The molecule has 0 saturated carbocycles. The predicted molar refractivity (Wildman–Crippen MR) is 168 cm³/mol. The molecule has 1 unspecified atom stereocenters. The number of halogens is 1. The van der Waals surface area contributed by atoms with E-state index in [0.717, 1.165) is 17.1 Å². The quantitative estimate of drug-likeness (QED) is 0.209. The second kappa shape index (κ2) is 10.4. The van der Waals surface area contributed by atoms with Crippen molar-refractivity contribution in [2.24, 2.45) is 0 Å². The van der Waals surface area contributed by atoms with Crippen LogP contribution in [0.15, 0.2) is 42.7 Å². The zero-order valence-corrected chi connectivity index (χ0v) is 27.1. The molecule has 1 amide bonds. The summed E-state index contributed by atoms with van der Waals surface area (Å²) in [5.74, 6) is -0.753. The third-order valence-electron chi connectivity index (χ3n) is 8.90. The Kier molecular flexibility index (Phi) is 7.19. The van der Waals surface area contributed by atoms with Crippen LogP contribution < -0.4 is 10.4 Å². The van der Waals surface area contributed by atoms with Crippen LogP contribution in [0.1, 0.15) is 61.0 Å². The van der Waals surface area contributed by atoms with Crippen LogP contribution >= 0.6 is 0 Å². The minimum atomic E-state index is -1.18. The van der Waals surface area contributed by atoms with Crippen molar-refractivity contribution in [2.45, 2.75) is 84.3 Å². The Labute approximate surface area is 252 Å². The Hall–Kier alpha value is -3.32. The molecule has 2 aliphatic heterocycles. The lowest BCUT2D eigenvalue weighted by molar-refractivity contribution is 0.00578. The molecular formula is C31H39BFN5O4Si. The second-order valence-electron chi connectivity index (χ2n) is 13.8.